The van der Waals surface area contributed by atoms with E-state index >= 15 is 0 Å². The Bertz CT molecular complexity index is 1500. The van der Waals surface area contributed by atoms with Gasteiger partial charge in [-0.05, 0) is 47.9 Å². The minimum Gasteiger partial charge on any atom is -0.370 e. The minimum atomic E-state index is -1.46. The van der Waals surface area contributed by atoms with Crippen molar-refractivity contribution in [3.8, 4) is 0 Å². The fraction of sp³-hybridized carbons (Fsp3) is 0.259. The Labute approximate surface area is 211 Å². The maximum Gasteiger partial charge on any atom is 0.250 e. The standard InChI is InChI=1S/C27H23ClN4O4/c1-13-18(28)9-8-17-23(13)30-26(36)27(17)22-21(19(31-27)10-11-20(29)33)24(34)32(25(22)35)16-7-6-14-4-2-3-5-15(14)12-16/h2-9,12,19,21-22,31H,10-11H2,1H3,(H2,29,33)(H,30,36)/t19-,21-,22+,27-/m1/s1. The van der Waals surface area contributed by atoms with E-state index in [2.05, 4.69) is 10.6 Å². The molecule has 6 rings (SSSR count). The number of hydrogen-bond acceptors (Lipinski definition) is 5. The van der Waals surface area contributed by atoms with E-state index in [1.807, 2.05) is 30.3 Å². The maximum absolute atomic E-state index is 14.1. The molecule has 3 aliphatic rings. The zero-order valence-corrected chi connectivity index (χ0v) is 20.1. The number of benzene rings is 3. The molecule has 3 heterocycles. The predicted molar refractivity (Wildman–Crippen MR) is 135 cm³/mol. The van der Waals surface area contributed by atoms with Gasteiger partial charge in [0.1, 0.15) is 5.54 Å². The summed E-state index contributed by atoms with van der Waals surface area (Å²) < 4.78 is 0. The van der Waals surface area contributed by atoms with Crippen LogP contribution >= 0.6 is 11.6 Å². The van der Waals surface area contributed by atoms with Gasteiger partial charge in [-0.3, -0.25) is 24.5 Å². The van der Waals surface area contributed by atoms with Gasteiger partial charge in [0.2, 0.25) is 23.6 Å². The lowest BCUT2D eigenvalue weighted by atomic mass is 9.76. The smallest absolute Gasteiger partial charge is 0.250 e. The molecule has 4 amide bonds. The number of hydrogen-bond donors (Lipinski definition) is 3. The fourth-order valence-corrected chi connectivity index (χ4v) is 6.26. The average molecular weight is 503 g/mol. The minimum absolute atomic E-state index is 0.0164. The first-order chi connectivity index (χ1) is 17.2. The first kappa shape index (κ1) is 22.7. The second kappa shape index (κ2) is 7.88. The number of anilines is 2. The van der Waals surface area contributed by atoms with Crippen molar-refractivity contribution in [2.24, 2.45) is 17.6 Å². The van der Waals surface area contributed by atoms with Gasteiger partial charge < -0.3 is 11.1 Å². The Morgan fingerprint density at radius 2 is 1.81 bits per heavy atom. The molecule has 3 aromatic carbocycles. The quantitative estimate of drug-likeness (QED) is 0.473. The number of carbonyl (C=O) groups is 4. The van der Waals surface area contributed by atoms with Crippen LogP contribution in [0.25, 0.3) is 10.8 Å². The Kier molecular flexibility index (Phi) is 4.97. The van der Waals surface area contributed by atoms with E-state index in [1.165, 1.54) is 4.90 Å². The summed E-state index contributed by atoms with van der Waals surface area (Å²) in [4.78, 5) is 54.3. The zero-order valence-electron chi connectivity index (χ0n) is 19.4. The molecule has 4 atom stereocenters. The summed E-state index contributed by atoms with van der Waals surface area (Å²) in [7, 11) is 0. The van der Waals surface area contributed by atoms with Crippen LogP contribution in [0.4, 0.5) is 11.4 Å². The summed E-state index contributed by atoms with van der Waals surface area (Å²) in [6, 6.07) is 15.9. The highest BCUT2D eigenvalue weighted by atomic mass is 35.5. The van der Waals surface area contributed by atoms with E-state index in [4.69, 9.17) is 17.3 Å². The Hall–Kier alpha value is -3.75. The zero-order chi connectivity index (χ0) is 25.4. The van der Waals surface area contributed by atoms with E-state index in [-0.39, 0.29) is 12.8 Å². The molecule has 1 spiro atoms. The van der Waals surface area contributed by atoms with Crippen LogP contribution in [0.1, 0.15) is 24.0 Å². The first-order valence-electron chi connectivity index (χ1n) is 11.8. The lowest BCUT2D eigenvalue weighted by Crippen LogP contribution is -2.53. The number of halogens is 1. The molecule has 8 nitrogen and oxygen atoms in total. The molecular weight excluding hydrogens is 480 g/mol. The number of fused-ring (bicyclic) bond motifs is 5. The van der Waals surface area contributed by atoms with Crippen molar-refractivity contribution in [1.29, 1.82) is 0 Å². The number of imide groups is 1. The van der Waals surface area contributed by atoms with E-state index < -0.39 is 47.0 Å². The van der Waals surface area contributed by atoms with Gasteiger partial charge in [-0.25, -0.2) is 4.90 Å². The molecule has 3 aliphatic heterocycles. The topological polar surface area (TPSA) is 122 Å². The van der Waals surface area contributed by atoms with Crippen molar-refractivity contribution in [1.82, 2.24) is 5.32 Å². The van der Waals surface area contributed by atoms with Gasteiger partial charge in [-0.2, -0.15) is 0 Å². The molecule has 4 N–H and O–H groups in total. The molecule has 36 heavy (non-hydrogen) atoms. The number of amides is 4. The average Bonchev–Trinajstić information content (AvgIpc) is 3.44. The molecular formula is C27H23ClN4O4. The van der Waals surface area contributed by atoms with Crippen molar-refractivity contribution in [2.45, 2.75) is 31.3 Å². The lowest BCUT2D eigenvalue weighted by Gasteiger charge is -2.29. The first-order valence-corrected chi connectivity index (χ1v) is 12.2. The summed E-state index contributed by atoms with van der Waals surface area (Å²) in [6.07, 6.45) is 0.237. The summed E-state index contributed by atoms with van der Waals surface area (Å²) in [5.74, 6) is -3.61. The van der Waals surface area contributed by atoms with Crippen molar-refractivity contribution < 1.29 is 19.2 Å². The molecule has 3 aromatic rings. The van der Waals surface area contributed by atoms with Crippen LogP contribution in [0.5, 0.6) is 0 Å². The molecule has 0 bridgehead atoms. The second-order valence-electron chi connectivity index (χ2n) is 9.66. The summed E-state index contributed by atoms with van der Waals surface area (Å²) in [6.45, 7) is 1.79. The fourth-order valence-electron chi connectivity index (χ4n) is 6.11. The van der Waals surface area contributed by atoms with Crippen molar-refractivity contribution in [2.75, 3.05) is 10.2 Å². The van der Waals surface area contributed by atoms with Crippen LogP contribution in [-0.2, 0) is 24.7 Å². The summed E-state index contributed by atoms with van der Waals surface area (Å²) in [5.41, 5.74) is 6.19. The number of nitrogens with zero attached hydrogens (tertiary/aromatic N) is 1. The van der Waals surface area contributed by atoms with E-state index in [1.54, 1.807) is 31.2 Å². The normalized spacial score (nSPS) is 26.6. The van der Waals surface area contributed by atoms with E-state index in [0.29, 0.717) is 27.5 Å². The van der Waals surface area contributed by atoms with Crippen LogP contribution in [0.2, 0.25) is 5.02 Å². The van der Waals surface area contributed by atoms with Gasteiger partial charge in [0, 0.05) is 23.0 Å². The molecule has 0 aromatic heterocycles. The maximum atomic E-state index is 14.1. The summed E-state index contributed by atoms with van der Waals surface area (Å²) in [5, 5.41) is 8.55. The lowest BCUT2D eigenvalue weighted by molar-refractivity contribution is -0.130. The number of nitrogens with one attached hydrogen (secondary N) is 2. The van der Waals surface area contributed by atoms with Crippen molar-refractivity contribution in [3.05, 3.63) is 70.7 Å². The van der Waals surface area contributed by atoms with Crippen LogP contribution in [-0.4, -0.2) is 29.7 Å². The number of nitrogens with two attached hydrogens (primary N) is 1. The number of carbonyl (C=O) groups excluding carboxylic acids is 4. The SMILES string of the molecule is Cc1c(Cl)ccc2c1NC(=O)[C@@]21N[C@H](CCC(N)=O)[C@H]2C(=O)N(c3ccc4ccccc4c3)C(=O)[C@H]21. The van der Waals surface area contributed by atoms with Gasteiger partial charge >= 0.3 is 0 Å². The molecule has 2 fully saturated rings. The Morgan fingerprint density at radius 1 is 1.06 bits per heavy atom. The highest BCUT2D eigenvalue weighted by molar-refractivity contribution is 6.32. The predicted octanol–water partition coefficient (Wildman–Crippen LogP) is 2.99. The number of primary amides is 1. The monoisotopic (exact) mass is 502 g/mol. The summed E-state index contributed by atoms with van der Waals surface area (Å²) >= 11 is 6.31. The van der Waals surface area contributed by atoms with Crippen molar-refractivity contribution in [3.63, 3.8) is 0 Å². The Morgan fingerprint density at radius 3 is 2.56 bits per heavy atom. The molecule has 0 radical (unpaired) electrons. The van der Waals surface area contributed by atoms with Crippen LogP contribution in [0.15, 0.2) is 54.6 Å². The Balaban J connectivity index is 1.50. The molecule has 0 saturated carbocycles. The van der Waals surface area contributed by atoms with Gasteiger partial charge in [-0.1, -0.05) is 48.0 Å². The molecule has 0 unspecified atom stereocenters. The molecule has 182 valence electrons. The van der Waals surface area contributed by atoms with Crippen LogP contribution in [0.3, 0.4) is 0 Å². The number of rotatable bonds is 4. The highest BCUT2D eigenvalue weighted by Crippen LogP contribution is 2.55. The highest BCUT2D eigenvalue weighted by Gasteiger charge is 2.70. The third kappa shape index (κ3) is 2.98. The van der Waals surface area contributed by atoms with E-state index in [0.717, 1.165) is 10.8 Å². The van der Waals surface area contributed by atoms with Crippen LogP contribution in [0, 0.1) is 18.8 Å². The van der Waals surface area contributed by atoms with Crippen molar-refractivity contribution >= 4 is 57.4 Å². The molecule has 9 heteroatoms. The third-order valence-electron chi connectivity index (χ3n) is 7.78. The van der Waals surface area contributed by atoms with Gasteiger partial charge in [-0.15, -0.1) is 0 Å². The molecule has 0 aliphatic carbocycles. The van der Waals surface area contributed by atoms with Gasteiger partial charge in [0.05, 0.1) is 23.2 Å². The van der Waals surface area contributed by atoms with Crippen LogP contribution < -0.4 is 21.3 Å². The second-order valence-corrected chi connectivity index (χ2v) is 10.1. The van der Waals surface area contributed by atoms with E-state index in [9.17, 15) is 19.2 Å². The largest absolute Gasteiger partial charge is 0.370 e. The molecule has 2 saturated heterocycles. The third-order valence-corrected chi connectivity index (χ3v) is 8.19. The van der Waals surface area contributed by atoms with Gasteiger partial charge in [0.25, 0.3) is 0 Å². The van der Waals surface area contributed by atoms with Gasteiger partial charge in [0.15, 0.2) is 0 Å².